The first-order valence-corrected chi connectivity index (χ1v) is 12.4. The number of hydrogen-bond acceptors (Lipinski definition) is 6. The Labute approximate surface area is 215 Å². The van der Waals surface area contributed by atoms with E-state index in [2.05, 4.69) is 34.3 Å². The Morgan fingerprint density at radius 2 is 0.838 bits per heavy atom. The van der Waals surface area contributed by atoms with Crippen LogP contribution in [0.25, 0.3) is 0 Å². The minimum Gasteiger partial charge on any atom is -0.476 e. The molecule has 184 valence electrons. The van der Waals surface area contributed by atoms with Gasteiger partial charge in [-0.15, -0.1) is 0 Å². The van der Waals surface area contributed by atoms with Crippen molar-refractivity contribution in [1.29, 1.82) is 0 Å². The highest BCUT2D eigenvalue weighted by Gasteiger charge is 2.11. The third kappa shape index (κ3) is 5.64. The summed E-state index contributed by atoms with van der Waals surface area (Å²) in [5.74, 6) is 4.56. The predicted octanol–water partition coefficient (Wildman–Crippen LogP) is 6.42. The summed E-state index contributed by atoms with van der Waals surface area (Å²) in [5, 5.41) is 0. The van der Waals surface area contributed by atoms with Crippen molar-refractivity contribution in [3.05, 3.63) is 119 Å². The van der Waals surface area contributed by atoms with Crippen LogP contribution in [0.2, 0.25) is 0 Å². The summed E-state index contributed by atoms with van der Waals surface area (Å²) >= 11 is 0. The summed E-state index contributed by atoms with van der Waals surface area (Å²) in [6.07, 6.45) is 0.828. The van der Waals surface area contributed by atoms with E-state index in [1.54, 1.807) is 0 Å². The first-order valence-electron chi connectivity index (χ1n) is 12.4. The second-order valence-corrected chi connectivity index (χ2v) is 8.79. The maximum Gasteiger partial charge on any atom is 0.216 e. The van der Waals surface area contributed by atoms with Gasteiger partial charge in [0.1, 0.15) is 36.2 Å². The normalized spacial score (nSPS) is 14.4. The first-order chi connectivity index (χ1) is 18.3. The van der Waals surface area contributed by atoms with Gasteiger partial charge in [0.15, 0.2) is 0 Å². The molecule has 2 aliphatic heterocycles. The molecule has 6 heteroatoms. The molecule has 0 radical (unpaired) electrons. The molecule has 0 spiro atoms. The van der Waals surface area contributed by atoms with Gasteiger partial charge < -0.3 is 18.9 Å². The van der Waals surface area contributed by atoms with Gasteiger partial charge in [0.25, 0.3) is 0 Å². The second-order valence-electron chi connectivity index (χ2n) is 8.79. The molecule has 2 heterocycles. The van der Waals surface area contributed by atoms with Gasteiger partial charge >= 0.3 is 0 Å². The van der Waals surface area contributed by atoms with E-state index < -0.39 is 0 Å². The van der Waals surface area contributed by atoms with Crippen LogP contribution in [0.1, 0.15) is 22.3 Å². The average molecular weight is 491 g/mol. The molecule has 0 saturated carbocycles. The van der Waals surface area contributed by atoms with Crippen LogP contribution in [0.3, 0.4) is 0 Å². The summed E-state index contributed by atoms with van der Waals surface area (Å²) in [7, 11) is 0. The van der Waals surface area contributed by atoms with E-state index in [0.717, 1.165) is 53.6 Å². The quantitative estimate of drug-likeness (QED) is 0.286. The van der Waals surface area contributed by atoms with E-state index in [4.69, 9.17) is 18.9 Å². The van der Waals surface area contributed by atoms with E-state index in [-0.39, 0.29) is 0 Å². The molecule has 0 fully saturated rings. The number of hydrogen-bond donors (Lipinski definition) is 0. The monoisotopic (exact) mass is 490 g/mol. The highest BCUT2D eigenvalue weighted by Crippen LogP contribution is 2.26. The molecule has 6 nitrogen and oxygen atoms in total. The third-order valence-corrected chi connectivity index (χ3v) is 6.10. The number of rotatable bonds is 8. The average Bonchev–Trinajstić information content (AvgIpc) is 3.67. The SMILES string of the molecule is c1cc(Oc2ccc(C3=NCCO3)cc2)ccc1Cc1ccc(Oc2ccc(C3=NCCO3)cc2)cc1. The van der Waals surface area contributed by atoms with Gasteiger partial charge in [0.2, 0.25) is 11.8 Å². The van der Waals surface area contributed by atoms with Gasteiger partial charge in [0, 0.05) is 11.1 Å². The minimum atomic E-state index is 0.653. The van der Waals surface area contributed by atoms with Crippen molar-refractivity contribution in [1.82, 2.24) is 0 Å². The van der Waals surface area contributed by atoms with Crippen LogP contribution in [0.4, 0.5) is 0 Å². The molecule has 2 aliphatic rings. The fraction of sp³-hybridized carbons (Fsp3) is 0.161. The molecule has 0 saturated heterocycles. The molecule has 0 N–H and O–H groups in total. The number of nitrogens with zero attached hydrogens (tertiary/aromatic N) is 2. The molecule has 0 atom stereocenters. The molecule has 0 aliphatic carbocycles. The van der Waals surface area contributed by atoms with Gasteiger partial charge in [-0.1, -0.05) is 24.3 Å². The first kappa shape index (κ1) is 22.9. The Morgan fingerprint density at radius 1 is 0.486 bits per heavy atom. The summed E-state index contributed by atoms with van der Waals surface area (Å²) in [6.45, 7) is 2.75. The van der Waals surface area contributed by atoms with Crippen molar-refractivity contribution in [2.75, 3.05) is 26.3 Å². The van der Waals surface area contributed by atoms with Crippen molar-refractivity contribution in [3.8, 4) is 23.0 Å². The smallest absolute Gasteiger partial charge is 0.216 e. The summed E-state index contributed by atoms with van der Waals surface area (Å²) in [5.41, 5.74) is 4.36. The van der Waals surface area contributed by atoms with E-state index >= 15 is 0 Å². The summed E-state index contributed by atoms with van der Waals surface area (Å²) in [4.78, 5) is 8.68. The molecule has 0 aromatic heterocycles. The zero-order valence-electron chi connectivity index (χ0n) is 20.3. The standard InChI is InChI=1S/C31H26N2O4/c1-9-26(36-28-13-5-24(6-14-28)30-32-17-19-34-30)10-2-22(1)21-23-3-11-27(12-4-23)37-29-15-7-25(8-16-29)31-33-18-20-35-31/h1-16H,17-21H2. The topological polar surface area (TPSA) is 61.6 Å². The highest BCUT2D eigenvalue weighted by atomic mass is 16.5. The lowest BCUT2D eigenvalue weighted by molar-refractivity contribution is 0.348. The van der Waals surface area contributed by atoms with Crippen LogP contribution in [0, 0.1) is 0 Å². The van der Waals surface area contributed by atoms with Gasteiger partial charge in [-0.3, -0.25) is 0 Å². The van der Waals surface area contributed by atoms with Gasteiger partial charge in [-0.25, -0.2) is 9.98 Å². The Kier molecular flexibility index (Phi) is 6.54. The Bertz CT molecular complexity index is 1300. The Balaban J connectivity index is 1.03. The lowest BCUT2D eigenvalue weighted by Crippen LogP contribution is -2.00. The predicted molar refractivity (Wildman–Crippen MR) is 143 cm³/mol. The maximum absolute atomic E-state index is 6.00. The van der Waals surface area contributed by atoms with Crippen molar-refractivity contribution in [2.24, 2.45) is 9.98 Å². The van der Waals surface area contributed by atoms with Gasteiger partial charge in [-0.05, 0) is 90.3 Å². The van der Waals surface area contributed by atoms with Crippen LogP contribution in [-0.4, -0.2) is 38.1 Å². The summed E-state index contributed by atoms with van der Waals surface area (Å²) < 4.78 is 23.0. The Hall–Kier alpha value is -4.58. The molecule has 37 heavy (non-hydrogen) atoms. The lowest BCUT2D eigenvalue weighted by Gasteiger charge is -2.09. The van der Waals surface area contributed by atoms with Gasteiger partial charge in [-0.2, -0.15) is 0 Å². The minimum absolute atomic E-state index is 0.653. The zero-order chi connectivity index (χ0) is 24.9. The maximum atomic E-state index is 6.00. The van der Waals surface area contributed by atoms with Crippen molar-refractivity contribution < 1.29 is 18.9 Å². The fourth-order valence-corrected chi connectivity index (χ4v) is 4.21. The van der Waals surface area contributed by atoms with E-state index in [0.29, 0.717) is 25.0 Å². The van der Waals surface area contributed by atoms with Crippen molar-refractivity contribution in [2.45, 2.75) is 6.42 Å². The number of benzene rings is 4. The largest absolute Gasteiger partial charge is 0.476 e. The lowest BCUT2D eigenvalue weighted by atomic mass is 10.0. The molecule has 6 rings (SSSR count). The van der Waals surface area contributed by atoms with Crippen LogP contribution in [0.5, 0.6) is 23.0 Å². The van der Waals surface area contributed by atoms with E-state index in [9.17, 15) is 0 Å². The molecular weight excluding hydrogens is 464 g/mol. The number of ether oxygens (including phenoxy) is 4. The molecule has 0 amide bonds. The molecule has 0 unspecified atom stereocenters. The van der Waals surface area contributed by atoms with Crippen molar-refractivity contribution in [3.63, 3.8) is 0 Å². The van der Waals surface area contributed by atoms with Crippen LogP contribution in [-0.2, 0) is 15.9 Å². The van der Waals surface area contributed by atoms with E-state index in [1.165, 1.54) is 11.1 Å². The van der Waals surface area contributed by atoms with Crippen LogP contribution < -0.4 is 9.47 Å². The zero-order valence-corrected chi connectivity index (χ0v) is 20.3. The third-order valence-electron chi connectivity index (χ3n) is 6.10. The molecular formula is C31H26N2O4. The molecule has 0 bridgehead atoms. The van der Waals surface area contributed by atoms with Crippen LogP contribution in [0.15, 0.2) is 107 Å². The number of aliphatic imine (C=N–C) groups is 2. The Morgan fingerprint density at radius 3 is 1.16 bits per heavy atom. The fourth-order valence-electron chi connectivity index (χ4n) is 4.21. The highest BCUT2D eigenvalue weighted by molar-refractivity contribution is 5.95. The van der Waals surface area contributed by atoms with Gasteiger partial charge in [0.05, 0.1) is 13.1 Å². The summed E-state index contributed by atoms with van der Waals surface area (Å²) in [6, 6.07) is 32.0. The van der Waals surface area contributed by atoms with Crippen LogP contribution >= 0.6 is 0 Å². The molecule has 4 aromatic rings. The second kappa shape index (κ2) is 10.6. The van der Waals surface area contributed by atoms with Crippen molar-refractivity contribution >= 4 is 11.8 Å². The van der Waals surface area contributed by atoms with E-state index in [1.807, 2.05) is 72.8 Å². The molecule has 4 aromatic carbocycles.